The normalized spacial score (nSPS) is 15.1. The molecule has 1 aromatic carbocycles. The van der Waals surface area contributed by atoms with Gasteiger partial charge in [0, 0.05) is 52.0 Å². The number of benzene rings is 1. The second kappa shape index (κ2) is 10.0. The third-order valence-corrected chi connectivity index (χ3v) is 5.22. The maximum atomic E-state index is 12.8. The van der Waals surface area contributed by atoms with E-state index in [1.54, 1.807) is 6.20 Å². The number of piperazine rings is 1. The number of rotatable bonds is 7. The van der Waals surface area contributed by atoms with Crippen molar-refractivity contribution in [3.8, 4) is 0 Å². The lowest BCUT2D eigenvalue weighted by molar-refractivity contribution is 0.0650. The van der Waals surface area contributed by atoms with E-state index in [0.717, 1.165) is 51.6 Å². The molecule has 0 saturated carbocycles. The third kappa shape index (κ3) is 5.20. The average Bonchev–Trinajstić information content (AvgIpc) is 2.76. The minimum Gasteiger partial charge on any atom is -0.357 e. The van der Waals surface area contributed by atoms with Gasteiger partial charge in [0.25, 0.3) is 5.91 Å². The van der Waals surface area contributed by atoms with Gasteiger partial charge in [-0.1, -0.05) is 42.5 Å². The van der Waals surface area contributed by atoms with Crippen LogP contribution in [0.15, 0.2) is 54.7 Å². The van der Waals surface area contributed by atoms with Crippen LogP contribution >= 0.6 is 0 Å². The number of amides is 1. The molecule has 0 atom stereocenters. The van der Waals surface area contributed by atoms with Crippen LogP contribution in [-0.2, 0) is 0 Å². The van der Waals surface area contributed by atoms with Crippen molar-refractivity contribution in [1.82, 2.24) is 14.8 Å². The summed E-state index contributed by atoms with van der Waals surface area (Å²) >= 11 is 0. The van der Waals surface area contributed by atoms with Crippen LogP contribution in [0.1, 0.15) is 29.8 Å². The molecule has 1 aromatic heterocycles. The van der Waals surface area contributed by atoms with Gasteiger partial charge in [-0.2, -0.15) is 0 Å². The van der Waals surface area contributed by atoms with Crippen molar-refractivity contribution in [1.29, 1.82) is 0 Å². The van der Waals surface area contributed by atoms with Gasteiger partial charge < -0.3 is 9.80 Å². The summed E-state index contributed by atoms with van der Waals surface area (Å²) in [5.74, 6) is 1.01. The van der Waals surface area contributed by atoms with E-state index in [9.17, 15) is 4.79 Å². The van der Waals surface area contributed by atoms with Crippen LogP contribution in [0.4, 0.5) is 5.82 Å². The van der Waals surface area contributed by atoms with Crippen molar-refractivity contribution in [3.05, 3.63) is 65.9 Å². The van der Waals surface area contributed by atoms with Crippen LogP contribution in [0.25, 0.3) is 6.08 Å². The largest absolute Gasteiger partial charge is 0.357 e. The summed E-state index contributed by atoms with van der Waals surface area (Å²) in [6.07, 6.45) is 6.06. The zero-order valence-electron chi connectivity index (χ0n) is 16.9. The first-order chi connectivity index (χ1) is 13.7. The molecule has 0 spiro atoms. The third-order valence-electron chi connectivity index (χ3n) is 5.22. The number of carbonyl (C=O) groups is 1. The number of aromatic nitrogens is 1. The zero-order valence-corrected chi connectivity index (χ0v) is 16.9. The van der Waals surface area contributed by atoms with Gasteiger partial charge in [0.15, 0.2) is 0 Å². The lowest BCUT2D eigenvalue weighted by atomic mass is 10.2. The smallest absolute Gasteiger partial charge is 0.255 e. The van der Waals surface area contributed by atoms with Gasteiger partial charge in [-0.3, -0.25) is 9.69 Å². The SMILES string of the molecule is CCN(CC)c1ccc(C(=O)N2CCN(C/C=C/c3ccccc3)CC2)cn1. The Kier molecular flexibility index (Phi) is 7.20. The maximum Gasteiger partial charge on any atom is 0.255 e. The van der Waals surface area contributed by atoms with Gasteiger partial charge in [0.2, 0.25) is 0 Å². The Hall–Kier alpha value is -2.66. The molecule has 1 aliphatic rings. The fourth-order valence-electron chi connectivity index (χ4n) is 3.47. The van der Waals surface area contributed by atoms with E-state index in [4.69, 9.17) is 0 Å². The maximum absolute atomic E-state index is 12.8. The fourth-order valence-corrected chi connectivity index (χ4v) is 3.47. The van der Waals surface area contributed by atoms with Crippen LogP contribution in [0.5, 0.6) is 0 Å². The Morgan fingerprint density at radius 1 is 1.04 bits per heavy atom. The van der Waals surface area contributed by atoms with E-state index in [1.165, 1.54) is 5.56 Å². The van der Waals surface area contributed by atoms with Gasteiger partial charge in [-0.15, -0.1) is 0 Å². The van der Waals surface area contributed by atoms with Crippen LogP contribution in [0.2, 0.25) is 0 Å². The zero-order chi connectivity index (χ0) is 19.8. The van der Waals surface area contributed by atoms with E-state index in [0.29, 0.717) is 5.56 Å². The number of carbonyl (C=O) groups excluding carboxylic acids is 1. The molecular weight excluding hydrogens is 348 g/mol. The standard InChI is InChI=1S/C23H30N4O/c1-3-26(4-2)22-13-12-21(19-24-22)23(28)27-17-15-25(16-18-27)14-8-11-20-9-6-5-7-10-20/h5-13,19H,3-4,14-18H2,1-2H3/b11-8+. The first kappa shape index (κ1) is 20.1. The number of hydrogen-bond acceptors (Lipinski definition) is 4. The Labute approximate surface area is 168 Å². The van der Waals surface area contributed by atoms with Gasteiger partial charge in [0.05, 0.1) is 5.56 Å². The van der Waals surface area contributed by atoms with Gasteiger partial charge in [-0.05, 0) is 31.5 Å². The van der Waals surface area contributed by atoms with Crippen molar-refractivity contribution < 1.29 is 4.79 Å². The number of anilines is 1. The van der Waals surface area contributed by atoms with E-state index in [2.05, 4.69) is 52.9 Å². The molecule has 0 aliphatic carbocycles. The molecule has 1 fully saturated rings. The molecule has 2 aromatic rings. The van der Waals surface area contributed by atoms with Crippen molar-refractivity contribution >= 4 is 17.8 Å². The minimum atomic E-state index is 0.0816. The van der Waals surface area contributed by atoms with Crippen molar-refractivity contribution in [3.63, 3.8) is 0 Å². The molecule has 0 bridgehead atoms. The molecule has 3 rings (SSSR count). The molecule has 0 unspecified atom stereocenters. The quantitative estimate of drug-likeness (QED) is 0.740. The van der Waals surface area contributed by atoms with Crippen LogP contribution in [-0.4, -0.2) is 66.5 Å². The fraction of sp³-hybridized carbons (Fsp3) is 0.391. The molecule has 1 aliphatic heterocycles. The van der Waals surface area contributed by atoms with E-state index in [1.807, 2.05) is 35.2 Å². The highest BCUT2D eigenvalue weighted by molar-refractivity contribution is 5.94. The van der Waals surface area contributed by atoms with E-state index < -0.39 is 0 Å². The molecule has 1 amide bonds. The minimum absolute atomic E-state index is 0.0816. The van der Waals surface area contributed by atoms with E-state index in [-0.39, 0.29) is 5.91 Å². The summed E-state index contributed by atoms with van der Waals surface area (Å²) in [4.78, 5) is 23.7. The molecule has 2 heterocycles. The Morgan fingerprint density at radius 3 is 2.36 bits per heavy atom. The number of pyridine rings is 1. The molecule has 5 heteroatoms. The molecule has 1 saturated heterocycles. The second-order valence-corrected chi connectivity index (χ2v) is 6.98. The Balaban J connectivity index is 1.49. The lowest BCUT2D eigenvalue weighted by Gasteiger charge is -2.34. The average molecular weight is 379 g/mol. The summed E-state index contributed by atoms with van der Waals surface area (Å²) < 4.78 is 0. The number of hydrogen-bond donors (Lipinski definition) is 0. The van der Waals surface area contributed by atoms with Gasteiger partial charge >= 0.3 is 0 Å². The van der Waals surface area contributed by atoms with Crippen molar-refractivity contribution in [2.24, 2.45) is 0 Å². The second-order valence-electron chi connectivity index (χ2n) is 6.98. The summed E-state index contributed by atoms with van der Waals surface area (Å²) in [6.45, 7) is 10.3. The predicted octanol–water partition coefficient (Wildman–Crippen LogP) is 3.40. The summed E-state index contributed by atoms with van der Waals surface area (Å²) in [7, 11) is 0. The molecule has 0 radical (unpaired) electrons. The highest BCUT2D eigenvalue weighted by atomic mass is 16.2. The summed E-state index contributed by atoms with van der Waals surface area (Å²) in [6, 6.07) is 14.2. The summed E-state index contributed by atoms with van der Waals surface area (Å²) in [5, 5.41) is 0. The monoisotopic (exact) mass is 378 g/mol. The lowest BCUT2D eigenvalue weighted by Crippen LogP contribution is -2.48. The van der Waals surface area contributed by atoms with Crippen molar-refractivity contribution in [2.75, 3.05) is 50.7 Å². The first-order valence-electron chi connectivity index (χ1n) is 10.2. The number of nitrogens with zero attached hydrogens (tertiary/aromatic N) is 4. The first-order valence-corrected chi connectivity index (χ1v) is 10.2. The van der Waals surface area contributed by atoms with Gasteiger partial charge in [-0.25, -0.2) is 4.98 Å². The Morgan fingerprint density at radius 2 is 1.75 bits per heavy atom. The van der Waals surface area contributed by atoms with Crippen molar-refractivity contribution in [2.45, 2.75) is 13.8 Å². The topological polar surface area (TPSA) is 39.7 Å². The molecule has 28 heavy (non-hydrogen) atoms. The molecule has 148 valence electrons. The van der Waals surface area contributed by atoms with Crippen LogP contribution in [0.3, 0.4) is 0 Å². The van der Waals surface area contributed by atoms with Crippen LogP contribution < -0.4 is 4.90 Å². The Bertz CT molecular complexity index is 761. The summed E-state index contributed by atoms with van der Waals surface area (Å²) in [5.41, 5.74) is 1.89. The molecule has 0 N–H and O–H groups in total. The highest BCUT2D eigenvalue weighted by Crippen LogP contribution is 2.14. The van der Waals surface area contributed by atoms with Crippen LogP contribution in [0, 0.1) is 0 Å². The van der Waals surface area contributed by atoms with Gasteiger partial charge in [0.1, 0.15) is 5.82 Å². The highest BCUT2D eigenvalue weighted by Gasteiger charge is 2.21. The molecular formula is C23H30N4O. The predicted molar refractivity (Wildman–Crippen MR) is 116 cm³/mol. The van der Waals surface area contributed by atoms with E-state index >= 15 is 0 Å². The molecule has 5 nitrogen and oxygen atoms in total.